The Labute approximate surface area is 236 Å². The van der Waals surface area contributed by atoms with Gasteiger partial charge in [-0.1, -0.05) is 43.0 Å². The van der Waals surface area contributed by atoms with Crippen molar-refractivity contribution >= 4 is 17.5 Å². The predicted molar refractivity (Wildman–Crippen MR) is 156 cm³/mol. The van der Waals surface area contributed by atoms with Crippen LogP contribution >= 0.6 is 11.6 Å². The first-order valence-corrected chi connectivity index (χ1v) is 13.9. The van der Waals surface area contributed by atoms with Gasteiger partial charge in [0.25, 0.3) is 5.91 Å². The van der Waals surface area contributed by atoms with Gasteiger partial charge in [-0.05, 0) is 69.8 Å². The molecular formula is C31H38ClN3O4. The zero-order valence-electron chi connectivity index (χ0n) is 23.3. The summed E-state index contributed by atoms with van der Waals surface area (Å²) in [4.78, 5) is 20.3. The van der Waals surface area contributed by atoms with E-state index in [0.29, 0.717) is 40.3 Å². The molecule has 7 nitrogen and oxygen atoms in total. The Kier molecular flexibility index (Phi) is 10.1. The maximum absolute atomic E-state index is 13.3. The second kappa shape index (κ2) is 13.7. The summed E-state index contributed by atoms with van der Waals surface area (Å²) in [5.41, 5.74) is 3.28. The van der Waals surface area contributed by atoms with Crippen LogP contribution in [0.15, 0.2) is 48.5 Å². The third kappa shape index (κ3) is 7.22. The van der Waals surface area contributed by atoms with Crippen molar-refractivity contribution in [2.45, 2.75) is 44.6 Å². The summed E-state index contributed by atoms with van der Waals surface area (Å²) in [7, 11) is 7.31. The third-order valence-electron chi connectivity index (χ3n) is 6.98. The fourth-order valence-electron chi connectivity index (χ4n) is 4.95. The smallest absolute Gasteiger partial charge is 0.270 e. The van der Waals surface area contributed by atoms with Crippen molar-refractivity contribution in [1.82, 2.24) is 15.2 Å². The van der Waals surface area contributed by atoms with E-state index in [1.165, 1.54) is 6.42 Å². The van der Waals surface area contributed by atoms with E-state index in [0.717, 1.165) is 55.3 Å². The molecule has 2 aromatic carbocycles. The lowest BCUT2D eigenvalue weighted by molar-refractivity contribution is 0.0923. The van der Waals surface area contributed by atoms with E-state index in [-0.39, 0.29) is 11.9 Å². The van der Waals surface area contributed by atoms with Gasteiger partial charge in [-0.2, -0.15) is 0 Å². The van der Waals surface area contributed by atoms with Gasteiger partial charge >= 0.3 is 0 Å². The molecule has 0 unspecified atom stereocenters. The molecule has 1 fully saturated rings. The Hall–Kier alpha value is -3.29. The summed E-state index contributed by atoms with van der Waals surface area (Å²) in [6.07, 6.45) is 6.37. The summed E-state index contributed by atoms with van der Waals surface area (Å²) < 4.78 is 17.5. The number of carbonyl (C=O) groups excluding carboxylic acids is 1. The lowest BCUT2D eigenvalue weighted by Gasteiger charge is -2.23. The first-order chi connectivity index (χ1) is 18.9. The molecule has 0 spiro atoms. The Morgan fingerprint density at radius 3 is 2.38 bits per heavy atom. The zero-order valence-corrected chi connectivity index (χ0v) is 24.0. The molecule has 1 aromatic heterocycles. The Morgan fingerprint density at radius 1 is 1.00 bits per heavy atom. The van der Waals surface area contributed by atoms with E-state index in [4.69, 9.17) is 30.8 Å². The summed E-state index contributed by atoms with van der Waals surface area (Å²) >= 11 is 6.51. The lowest BCUT2D eigenvalue weighted by atomic mass is 9.95. The summed E-state index contributed by atoms with van der Waals surface area (Å²) in [5.74, 6) is 1.69. The van der Waals surface area contributed by atoms with Crippen LogP contribution in [0, 0.1) is 0 Å². The first-order valence-electron chi connectivity index (χ1n) is 13.5. The second-order valence-corrected chi connectivity index (χ2v) is 10.5. The molecule has 0 saturated heterocycles. The highest BCUT2D eigenvalue weighted by Gasteiger charge is 2.23. The van der Waals surface area contributed by atoms with Gasteiger partial charge in [0.05, 0.1) is 37.1 Å². The van der Waals surface area contributed by atoms with Crippen LogP contribution in [-0.2, 0) is 0 Å². The van der Waals surface area contributed by atoms with Crippen molar-refractivity contribution in [2.24, 2.45) is 0 Å². The number of hydrogen-bond donors (Lipinski definition) is 1. The monoisotopic (exact) mass is 551 g/mol. The molecule has 4 rings (SSSR count). The topological polar surface area (TPSA) is 72.9 Å². The van der Waals surface area contributed by atoms with Crippen LogP contribution in [0.3, 0.4) is 0 Å². The standard InChI is InChI=1S/C31H38ClN3O4/c1-35(2)18-9-19-39-28-20-21(14-16-24(28)32)30-23(29-26(37-3)12-8-13-27(29)38-4)15-17-25(34-30)31(36)33-22-10-6-5-7-11-22/h8,12-17,20,22H,5-7,9-11,18-19H2,1-4H3,(H,33,36). The molecule has 0 atom stereocenters. The fourth-order valence-corrected chi connectivity index (χ4v) is 5.13. The van der Waals surface area contributed by atoms with E-state index in [1.54, 1.807) is 26.4 Å². The Morgan fingerprint density at radius 2 is 1.72 bits per heavy atom. The highest BCUT2D eigenvalue weighted by molar-refractivity contribution is 6.32. The van der Waals surface area contributed by atoms with Crippen molar-refractivity contribution in [2.75, 3.05) is 41.5 Å². The molecule has 208 valence electrons. The van der Waals surface area contributed by atoms with Gasteiger partial charge in [0.2, 0.25) is 0 Å². The van der Waals surface area contributed by atoms with Gasteiger partial charge in [0.15, 0.2) is 0 Å². The van der Waals surface area contributed by atoms with Gasteiger partial charge in [-0.25, -0.2) is 4.98 Å². The normalized spacial score (nSPS) is 13.8. The van der Waals surface area contributed by atoms with Crippen LogP contribution in [0.25, 0.3) is 22.4 Å². The largest absolute Gasteiger partial charge is 0.496 e. The zero-order chi connectivity index (χ0) is 27.8. The minimum Gasteiger partial charge on any atom is -0.496 e. The molecule has 0 radical (unpaired) electrons. The van der Waals surface area contributed by atoms with Gasteiger partial charge in [0.1, 0.15) is 22.9 Å². The number of pyridine rings is 1. The number of ether oxygens (including phenoxy) is 3. The summed E-state index contributed by atoms with van der Waals surface area (Å²) in [5, 5.41) is 3.70. The number of nitrogens with one attached hydrogen (secondary N) is 1. The molecule has 1 N–H and O–H groups in total. The molecule has 1 saturated carbocycles. The number of rotatable bonds is 11. The molecular weight excluding hydrogens is 514 g/mol. The molecule has 39 heavy (non-hydrogen) atoms. The summed E-state index contributed by atoms with van der Waals surface area (Å²) in [6.45, 7) is 1.45. The number of aromatic nitrogens is 1. The molecule has 1 aliphatic rings. The number of carbonyl (C=O) groups is 1. The molecule has 1 aliphatic carbocycles. The Bertz CT molecular complexity index is 1250. The minimum atomic E-state index is -0.171. The SMILES string of the molecule is COc1cccc(OC)c1-c1ccc(C(=O)NC2CCCCC2)nc1-c1ccc(Cl)c(OCCCN(C)C)c1. The van der Waals surface area contributed by atoms with Gasteiger partial charge in [-0.3, -0.25) is 4.79 Å². The summed E-state index contributed by atoms with van der Waals surface area (Å²) in [6, 6.07) is 15.1. The Balaban J connectivity index is 1.76. The maximum atomic E-state index is 13.3. The van der Waals surface area contributed by atoms with Crippen LogP contribution < -0.4 is 19.5 Å². The van der Waals surface area contributed by atoms with Crippen LogP contribution in [0.4, 0.5) is 0 Å². The van der Waals surface area contributed by atoms with Crippen LogP contribution in [0.5, 0.6) is 17.2 Å². The van der Waals surface area contributed by atoms with Crippen molar-refractivity contribution < 1.29 is 19.0 Å². The van der Waals surface area contributed by atoms with Crippen LogP contribution in [0.1, 0.15) is 49.0 Å². The third-order valence-corrected chi connectivity index (χ3v) is 7.29. The first kappa shape index (κ1) is 28.7. The van der Waals surface area contributed by atoms with Crippen molar-refractivity contribution in [3.63, 3.8) is 0 Å². The second-order valence-electron chi connectivity index (χ2n) is 10.1. The molecule has 1 amide bonds. The van der Waals surface area contributed by atoms with Crippen molar-refractivity contribution in [1.29, 1.82) is 0 Å². The van der Waals surface area contributed by atoms with E-state index >= 15 is 0 Å². The van der Waals surface area contributed by atoms with Crippen LogP contribution in [-0.4, -0.2) is 63.3 Å². The van der Waals surface area contributed by atoms with Crippen molar-refractivity contribution in [3.8, 4) is 39.6 Å². The van der Waals surface area contributed by atoms with Crippen molar-refractivity contribution in [3.05, 3.63) is 59.2 Å². The molecule has 1 heterocycles. The maximum Gasteiger partial charge on any atom is 0.270 e. The van der Waals surface area contributed by atoms with Gasteiger partial charge in [-0.15, -0.1) is 0 Å². The molecule has 0 aliphatic heterocycles. The lowest BCUT2D eigenvalue weighted by Crippen LogP contribution is -2.36. The number of methoxy groups -OCH3 is 2. The van der Waals surface area contributed by atoms with E-state index in [2.05, 4.69) is 10.2 Å². The quantitative estimate of drug-likeness (QED) is 0.275. The molecule has 8 heteroatoms. The number of amides is 1. The number of halogens is 1. The highest BCUT2D eigenvalue weighted by Crippen LogP contribution is 2.43. The predicted octanol–water partition coefficient (Wildman–Crippen LogP) is 6.48. The highest BCUT2D eigenvalue weighted by atomic mass is 35.5. The van der Waals surface area contributed by atoms with E-state index in [9.17, 15) is 4.79 Å². The van der Waals surface area contributed by atoms with E-state index in [1.807, 2.05) is 50.5 Å². The number of hydrogen-bond acceptors (Lipinski definition) is 6. The average molecular weight is 552 g/mol. The fraction of sp³-hybridized carbons (Fsp3) is 0.419. The van der Waals surface area contributed by atoms with Gasteiger partial charge < -0.3 is 24.4 Å². The minimum absolute atomic E-state index is 0.171. The average Bonchev–Trinajstić information content (AvgIpc) is 2.95. The molecule has 0 bridgehead atoms. The van der Waals surface area contributed by atoms with Gasteiger partial charge in [0, 0.05) is 23.7 Å². The number of benzene rings is 2. The number of nitrogens with zero attached hydrogens (tertiary/aromatic N) is 2. The van der Waals surface area contributed by atoms with E-state index < -0.39 is 0 Å². The molecule has 3 aromatic rings. The van der Waals surface area contributed by atoms with Crippen LogP contribution in [0.2, 0.25) is 5.02 Å².